The normalized spacial score (nSPS) is 37.7. The van der Waals surface area contributed by atoms with Crippen molar-refractivity contribution < 1.29 is 9.59 Å². The molecule has 0 unspecified atom stereocenters. The van der Waals surface area contributed by atoms with Gasteiger partial charge in [-0.05, 0) is 31.1 Å². The van der Waals surface area contributed by atoms with Crippen LogP contribution in [0.2, 0.25) is 0 Å². The molecular weight excluding hydrogens is 196 g/mol. The zero-order valence-corrected chi connectivity index (χ0v) is 8.40. The van der Waals surface area contributed by atoms with Gasteiger partial charge in [0.25, 0.3) is 0 Å². The smallest absolute Gasteiger partial charge is 0.237 e. The molecule has 2 rings (SSSR count). The van der Waals surface area contributed by atoms with Gasteiger partial charge in [0, 0.05) is 11.8 Å². The van der Waals surface area contributed by atoms with Crippen LogP contribution in [0.3, 0.4) is 0 Å². The molecule has 6 heteroatoms. The molecule has 0 heterocycles. The molecule has 2 amide bonds. The second-order valence-corrected chi connectivity index (χ2v) is 4.46. The molecule has 0 aliphatic heterocycles. The third kappa shape index (κ3) is 1.59. The Bertz CT molecular complexity index is 266. The molecule has 6 N–H and O–H groups in total. The summed E-state index contributed by atoms with van der Waals surface area (Å²) in [6, 6.07) is 0. The van der Waals surface area contributed by atoms with E-state index in [9.17, 15) is 9.59 Å². The van der Waals surface area contributed by atoms with Gasteiger partial charge in [-0.15, -0.1) is 0 Å². The molecule has 0 aromatic carbocycles. The number of fused-ring (bicyclic) bond motifs is 2. The van der Waals surface area contributed by atoms with Crippen LogP contribution >= 0.6 is 0 Å². The van der Waals surface area contributed by atoms with Crippen molar-refractivity contribution in [3.05, 3.63) is 0 Å². The third-order valence-corrected chi connectivity index (χ3v) is 3.81. The molecule has 0 radical (unpaired) electrons. The van der Waals surface area contributed by atoms with Crippen molar-refractivity contribution in [1.29, 1.82) is 0 Å². The largest absolute Gasteiger partial charge is 0.294 e. The fraction of sp³-hybridized carbons (Fsp3) is 0.778. The minimum absolute atomic E-state index is 0.0122. The van der Waals surface area contributed by atoms with Crippen molar-refractivity contribution in [3.63, 3.8) is 0 Å². The van der Waals surface area contributed by atoms with E-state index in [1.54, 1.807) is 0 Å². The van der Waals surface area contributed by atoms with Crippen molar-refractivity contribution in [1.82, 2.24) is 10.9 Å². The Morgan fingerprint density at radius 3 is 1.53 bits per heavy atom. The standard InChI is InChI=1S/C9H16N4O2/c10-12-8(14)6-2-4-1-5(6)3-7(4)9(15)13-11/h4-7H,1-3,10-11H2,(H,12,14)(H,13,15)/t4-,5+,6-,7+. The lowest BCUT2D eigenvalue weighted by Crippen LogP contribution is -2.42. The zero-order valence-electron chi connectivity index (χ0n) is 8.40. The van der Waals surface area contributed by atoms with E-state index in [0.29, 0.717) is 11.8 Å². The lowest BCUT2D eigenvalue weighted by Gasteiger charge is -2.25. The van der Waals surface area contributed by atoms with Gasteiger partial charge >= 0.3 is 0 Å². The van der Waals surface area contributed by atoms with Crippen molar-refractivity contribution in [2.24, 2.45) is 35.4 Å². The number of rotatable bonds is 2. The summed E-state index contributed by atoms with van der Waals surface area (Å²) in [7, 11) is 0. The van der Waals surface area contributed by atoms with E-state index in [-0.39, 0.29) is 23.7 Å². The molecule has 2 aliphatic rings. The monoisotopic (exact) mass is 212 g/mol. The molecule has 84 valence electrons. The Balaban J connectivity index is 2.00. The Labute approximate surface area is 87.7 Å². The molecule has 0 aromatic rings. The summed E-state index contributed by atoms with van der Waals surface area (Å²) in [6.07, 6.45) is 2.45. The molecule has 2 fully saturated rings. The summed E-state index contributed by atoms with van der Waals surface area (Å²) in [6.45, 7) is 0. The molecule has 2 aliphatic carbocycles. The van der Waals surface area contributed by atoms with Gasteiger partial charge in [0.05, 0.1) is 0 Å². The number of amides is 2. The maximum absolute atomic E-state index is 11.4. The minimum atomic E-state index is -0.103. The quantitative estimate of drug-likeness (QED) is 0.257. The van der Waals surface area contributed by atoms with Gasteiger partial charge in [0.2, 0.25) is 11.8 Å². The fourth-order valence-corrected chi connectivity index (χ4v) is 3.13. The van der Waals surface area contributed by atoms with Crippen LogP contribution in [0.5, 0.6) is 0 Å². The molecular formula is C9H16N4O2. The summed E-state index contributed by atoms with van der Waals surface area (Å²) in [5.74, 6) is 10.6. The predicted octanol–water partition coefficient (Wildman–Crippen LogP) is -1.37. The Morgan fingerprint density at radius 1 is 0.867 bits per heavy atom. The van der Waals surface area contributed by atoms with Gasteiger partial charge in [-0.2, -0.15) is 0 Å². The molecule has 2 bridgehead atoms. The van der Waals surface area contributed by atoms with Crippen molar-refractivity contribution >= 4 is 11.8 Å². The molecule has 15 heavy (non-hydrogen) atoms. The average molecular weight is 212 g/mol. The predicted molar refractivity (Wildman–Crippen MR) is 52.5 cm³/mol. The highest BCUT2D eigenvalue weighted by atomic mass is 16.2. The van der Waals surface area contributed by atoms with Crippen LogP contribution in [0.4, 0.5) is 0 Å². The highest BCUT2D eigenvalue weighted by Gasteiger charge is 2.50. The van der Waals surface area contributed by atoms with E-state index in [2.05, 4.69) is 10.9 Å². The van der Waals surface area contributed by atoms with Gasteiger partial charge in [-0.1, -0.05) is 0 Å². The first-order chi connectivity index (χ1) is 7.17. The van der Waals surface area contributed by atoms with Crippen LogP contribution in [0.15, 0.2) is 0 Å². The van der Waals surface area contributed by atoms with E-state index in [0.717, 1.165) is 19.3 Å². The number of carbonyl (C=O) groups is 2. The SMILES string of the molecule is NNC(=O)[C@H]1C[C@@H]2C[C@@H]1C[C@H]2C(=O)NN. The van der Waals surface area contributed by atoms with E-state index in [4.69, 9.17) is 11.7 Å². The number of carbonyl (C=O) groups excluding carboxylic acids is 2. The molecule has 0 saturated heterocycles. The van der Waals surface area contributed by atoms with E-state index in [1.165, 1.54) is 0 Å². The highest BCUT2D eigenvalue weighted by molar-refractivity contribution is 5.82. The van der Waals surface area contributed by atoms with Crippen LogP contribution in [-0.2, 0) is 9.59 Å². The molecule has 0 spiro atoms. The van der Waals surface area contributed by atoms with E-state index in [1.807, 2.05) is 0 Å². The number of hydrogen-bond donors (Lipinski definition) is 4. The van der Waals surface area contributed by atoms with Gasteiger partial charge in [-0.3, -0.25) is 20.4 Å². The van der Waals surface area contributed by atoms with Gasteiger partial charge < -0.3 is 0 Å². The third-order valence-electron chi connectivity index (χ3n) is 3.81. The van der Waals surface area contributed by atoms with Crippen molar-refractivity contribution in [2.45, 2.75) is 19.3 Å². The number of hydrazine groups is 2. The first kappa shape index (κ1) is 10.4. The lowest BCUT2D eigenvalue weighted by molar-refractivity contribution is -0.131. The summed E-state index contributed by atoms with van der Waals surface area (Å²) < 4.78 is 0. The second kappa shape index (κ2) is 3.79. The zero-order chi connectivity index (χ0) is 11.0. The van der Waals surface area contributed by atoms with Gasteiger partial charge in [-0.25, -0.2) is 11.7 Å². The minimum Gasteiger partial charge on any atom is -0.294 e. The van der Waals surface area contributed by atoms with Gasteiger partial charge in [0.1, 0.15) is 0 Å². The van der Waals surface area contributed by atoms with Crippen LogP contribution in [0.1, 0.15) is 19.3 Å². The van der Waals surface area contributed by atoms with Crippen LogP contribution < -0.4 is 22.5 Å². The number of nitrogens with one attached hydrogen (secondary N) is 2. The topological polar surface area (TPSA) is 110 Å². The summed E-state index contributed by atoms with van der Waals surface area (Å²) in [5.41, 5.74) is 4.37. The summed E-state index contributed by atoms with van der Waals surface area (Å²) in [4.78, 5) is 22.8. The van der Waals surface area contributed by atoms with Gasteiger partial charge in [0.15, 0.2) is 0 Å². The first-order valence-electron chi connectivity index (χ1n) is 5.18. The summed E-state index contributed by atoms with van der Waals surface area (Å²) >= 11 is 0. The van der Waals surface area contributed by atoms with Crippen LogP contribution in [-0.4, -0.2) is 11.8 Å². The van der Waals surface area contributed by atoms with E-state index >= 15 is 0 Å². The maximum Gasteiger partial charge on any atom is 0.237 e. The summed E-state index contributed by atoms with van der Waals surface area (Å²) in [5, 5.41) is 0. The molecule has 2 saturated carbocycles. The Kier molecular flexibility index (Phi) is 2.62. The number of hydrogen-bond acceptors (Lipinski definition) is 4. The second-order valence-electron chi connectivity index (χ2n) is 4.46. The Hall–Kier alpha value is -1.14. The Morgan fingerprint density at radius 2 is 1.27 bits per heavy atom. The maximum atomic E-state index is 11.4. The molecule has 4 atom stereocenters. The van der Waals surface area contributed by atoms with Crippen LogP contribution in [0.25, 0.3) is 0 Å². The van der Waals surface area contributed by atoms with Crippen molar-refractivity contribution in [2.75, 3.05) is 0 Å². The molecule has 0 aromatic heterocycles. The van der Waals surface area contributed by atoms with Crippen LogP contribution in [0, 0.1) is 23.7 Å². The first-order valence-corrected chi connectivity index (χ1v) is 5.18. The van der Waals surface area contributed by atoms with Crippen molar-refractivity contribution in [3.8, 4) is 0 Å². The average Bonchev–Trinajstić information content (AvgIpc) is 2.85. The fourth-order valence-electron chi connectivity index (χ4n) is 3.13. The van der Waals surface area contributed by atoms with E-state index < -0.39 is 0 Å². The highest BCUT2D eigenvalue weighted by Crippen LogP contribution is 2.51. The number of nitrogens with two attached hydrogens (primary N) is 2. The lowest BCUT2D eigenvalue weighted by atomic mass is 9.81. The molecule has 6 nitrogen and oxygen atoms in total.